The number of carbonyl (C=O) groups is 2. The molecule has 0 heterocycles. The minimum absolute atomic E-state index is 0.0594. The summed E-state index contributed by atoms with van der Waals surface area (Å²) in [5.74, 6) is -0.739. The van der Waals surface area contributed by atoms with Gasteiger partial charge in [-0.2, -0.15) is 0 Å². The number of ketones is 1. The van der Waals surface area contributed by atoms with E-state index in [1.54, 1.807) is 0 Å². The van der Waals surface area contributed by atoms with Crippen LogP contribution in [-0.4, -0.2) is 28.1 Å². The van der Waals surface area contributed by atoms with Gasteiger partial charge in [0.2, 0.25) is 0 Å². The second-order valence-electron chi connectivity index (χ2n) is 13.6. The molecule has 35 heavy (non-hydrogen) atoms. The predicted octanol–water partition coefficient (Wildman–Crippen LogP) is 6.74. The number of allylic oxidation sites excluding steroid dienone is 5. The maximum absolute atomic E-state index is 12.8. The van der Waals surface area contributed by atoms with Crippen LogP contribution in [0.15, 0.2) is 35.5 Å². The van der Waals surface area contributed by atoms with E-state index in [0.29, 0.717) is 37.4 Å². The summed E-state index contributed by atoms with van der Waals surface area (Å²) >= 11 is 0. The van der Waals surface area contributed by atoms with Gasteiger partial charge < -0.3 is 10.2 Å². The van der Waals surface area contributed by atoms with Crippen LogP contribution in [0.5, 0.6) is 0 Å². The van der Waals surface area contributed by atoms with Gasteiger partial charge in [0.1, 0.15) is 5.78 Å². The summed E-state index contributed by atoms with van der Waals surface area (Å²) in [6.45, 7) is 19.4. The van der Waals surface area contributed by atoms with Crippen molar-refractivity contribution in [1.29, 1.82) is 0 Å². The fourth-order valence-corrected chi connectivity index (χ4v) is 8.72. The standard InChI is InChI=1S/C31H46O4/c1-18(2)19(3)9-10-20(27(34)35)26-23(32)17-31(8)22-11-12-24-28(4,5)25(33)14-15-29(24,6)21(22)13-16-30(26,31)7/h11,13,18,20,23-24,26,32H,3,9-10,12,14-17H2,1-2,4-8H3,(H,34,35)/t20-,23-,24+,26+,29-,30-,31+/m1/s1. The largest absolute Gasteiger partial charge is 0.481 e. The topological polar surface area (TPSA) is 74.6 Å². The maximum Gasteiger partial charge on any atom is 0.306 e. The zero-order chi connectivity index (χ0) is 26.1. The minimum atomic E-state index is -0.803. The number of aliphatic hydroxyl groups is 1. The molecular weight excluding hydrogens is 436 g/mol. The van der Waals surface area contributed by atoms with Gasteiger partial charge in [-0.25, -0.2) is 0 Å². The maximum atomic E-state index is 12.8. The van der Waals surface area contributed by atoms with Gasteiger partial charge >= 0.3 is 5.97 Å². The number of aliphatic carboxylic acids is 1. The second kappa shape index (κ2) is 8.43. The smallest absolute Gasteiger partial charge is 0.306 e. The van der Waals surface area contributed by atoms with Crippen LogP contribution in [0.4, 0.5) is 0 Å². The van der Waals surface area contributed by atoms with Crippen molar-refractivity contribution in [1.82, 2.24) is 0 Å². The first-order valence-corrected chi connectivity index (χ1v) is 13.6. The van der Waals surface area contributed by atoms with Gasteiger partial charge in [-0.05, 0) is 72.3 Å². The number of fused-ring (bicyclic) bond motifs is 5. The molecule has 4 nitrogen and oxygen atoms in total. The number of aliphatic hydroxyl groups excluding tert-OH is 1. The van der Waals surface area contributed by atoms with Gasteiger partial charge in [0.25, 0.3) is 0 Å². The van der Waals surface area contributed by atoms with Crippen molar-refractivity contribution in [3.63, 3.8) is 0 Å². The highest BCUT2D eigenvalue weighted by Crippen LogP contribution is 2.71. The van der Waals surface area contributed by atoms with Crippen molar-refractivity contribution < 1.29 is 19.8 Å². The van der Waals surface area contributed by atoms with Crippen LogP contribution in [-0.2, 0) is 9.59 Å². The molecule has 0 radical (unpaired) electrons. The van der Waals surface area contributed by atoms with Crippen LogP contribution < -0.4 is 0 Å². The highest BCUT2D eigenvalue weighted by Gasteiger charge is 2.66. The van der Waals surface area contributed by atoms with E-state index < -0.39 is 18.0 Å². The van der Waals surface area contributed by atoms with Gasteiger partial charge in [0, 0.05) is 23.2 Å². The zero-order valence-corrected chi connectivity index (χ0v) is 22.9. The first-order valence-electron chi connectivity index (χ1n) is 13.6. The molecule has 4 rings (SSSR count). The predicted molar refractivity (Wildman–Crippen MR) is 140 cm³/mol. The summed E-state index contributed by atoms with van der Waals surface area (Å²) in [4.78, 5) is 25.4. The number of Topliss-reactive ketones (excluding diaryl/α,β-unsaturated/α-hetero) is 1. The SMILES string of the molecule is C=C(CC[C@@H](C(=O)O)[C@H]1[C@H](O)C[C@@]2(C)C3=CC[C@H]4C(C)(C)C(=O)CC[C@]4(C)C3=CC[C@]12C)C(C)C. The molecule has 0 bridgehead atoms. The zero-order valence-electron chi connectivity index (χ0n) is 22.9. The van der Waals surface area contributed by atoms with E-state index >= 15 is 0 Å². The Kier molecular flexibility index (Phi) is 6.36. The Bertz CT molecular complexity index is 999. The van der Waals surface area contributed by atoms with Crippen LogP contribution in [0.3, 0.4) is 0 Å². The number of hydrogen-bond acceptors (Lipinski definition) is 3. The molecule has 194 valence electrons. The third kappa shape index (κ3) is 3.64. The summed E-state index contributed by atoms with van der Waals surface area (Å²) in [6.07, 6.45) is 8.97. The lowest BCUT2D eigenvalue weighted by Crippen LogP contribution is -2.53. The van der Waals surface area contributed by atoms with Gasteiger partial charge in [-0.3, -0.25) is 9.59 Å². The van der Waals surface area contributed by atoms with Gasteiger partial charge in [-0.15, -0.1) is 0 Å². The molecule has 0 spiro atoms. The highest BCUT2D eigenvalue weighted by molar-refractivity contribution is 5.86. The van der Waals surface area contributed by atoms with Crippen LogP contribution in [0.25, 0.3) is 0 Å². The quantitative estimate of drug-likeness (QED) is 0.411. The lowest BCUT2D eigenvalue weighted by molar-refractivity contribution is -0.148. The lowest BCUT2D eigenvalue weighted by Gasteiger charge is -2.59. The number of carboxylic acid groups (broad SMARTS) is 1. The van der Waals surface area contributed by atoms with Crippen LogP contribution in [0.1, 0.15) is 93.4 Å². The molecule has 7 atom stereocenters. The molecule has 0 aromatic rings. The molecule has 2 fully saturated rings. The van der Waals surface area contributed by atoms with Gasteiger partial charge in [0.05, 0.1) is 12.0 Å². The lowest BCUT2D eigenvalue weighted by atomic mass is 9.44. The minimum Gasteiger partial charge on any atom is -0.481 e. The van der Waals surface area contributed by atoms with Crippen LogP contribution in [0, 0.1) is 45.3 Å². The molecule has 0 aromatic heterocycles. The molecule has 4 aliphatic carbocycles. The summed E-state index contributed by atoms with van der Waals surface area (Å²) in [5.41, 5.74) is 2.72. The van der Waals surface area contributed by atoms with Gasteiger partial charge in [-0.1, -0.05) is 72.8 Å². The molecule has 0 amide bonds. The van der Waals surface area contributed by atoms with Gasteiger partial charge in [0.15, 0.2) is 0 Å². The normalized spacial score (nSPS) is 40.8. The average molecular weight is 483 g/mol. The van der Waals surface area contributed by atoms with E-state index in [4.69, 9.17) is 0 Å². The van der Waals surface area contributed by atoms with Crippen LogP contribution >= 0.6 is 0 Å². The summed E-state index contributed by atoms with van der Waals surface area (Å²) < 4.78 is 0. The average Bonchev–Trinajstić information content (AvgIpc) is 2.97. The molecule has 4 heteroatoms. The molecule has 0 aliphatic heterocycles. The number of rotatable bonds is 6. The van der Waals surface area contributed by atoms with Crippen molar-refractivity contribution in [2.75, 3.05) is 0 Å². The molecule has 2 N–H and O–H groups in total. The van der Waals surface area contributed by atoms with Crippen molar-refractivity contribution >= 4 is 11.8 Å². The Morgan fingerprint density at radius 2 is 1.80 bits per heavy atom. The highest BCUT2D eigenvalue weighted by atomic mass is 16.4. The fraction of sp³-hybridized carbons (Fsp3) is 0.742. The van der Waals surface area contributed by atoms with Crippen molar-refractivity contribution in [3.8, 4) is 0 Å². The molecular formula is C31H46O4. The molecule has 4 aliphatic rings. The second-order valence-corrected chi connectivity index (χ2v) is 13.6. The third-order valence-corrected chi connectivity index (χ3v) is 11.4. The molecule has 0 aromatic carbocycles. The Balaban J connectivity index is 1.73. The summed E-state index contributed by atoms with van der Waals surface area (Å²) in [6, 6.07) is 0. The monoisotopic (exact) mass is 482 g/mol. The van der Waals surface area contributed by atoms with E-state index in [9.17, 15) is 19.8 Å². The Labute approximate surface area is 212 Å². The van der Waals surface area contributed by atoms with Crippen molar-refractivity contribution in [2.24, 2.45) is 45.3 Å². The van der Waals surface area contributed by atoms with Crippen molar-refractivity contribution in [3.05, 3.63) is 35.5 Å². The van der Waals surface area contributed by atoms with E-state index in [-0.39, 0.29) is 33.5 Å². The third-order valence-electron chi connectivity index (χ3n) is 11.4. The van der Waals surface area contributed by atoms with E-state index in [2.05, 4.69) is 67.2 Å². The first kappa shape index (κ1) is 26.4. The number of hydrogen-bond donors (Lipinski definition) is 2. The Hall–Kier alpha value is -1.68. The number of carboxylic acids is 1. The summed E-state index contributed by atoms with van der Waals surface area (Å²) in [7, 11) is 0. The van der Waals surface area contributed by atoms with E-state index in [0.717, 1.165) is 24.8 Å². The van der Waals surface area contributed by atoms with E-state index in [1.807, 2.05) is 0 Å². The molecule has 0 saturated heterocycles. The Morgan fingerprint density at radius 1 is 1.14 bits per heavy atom. The number of carbonyl (C=O) groups excluding carboxylic acids is 1. The molecule has 0 unspecified atom stereocenters. The van der Waals surface area contributed by atoms with Crippen LogP contribution in [0.2, 0.25) is 0 Å². The van der Waals surface area contributed by atoms with E-state index in [1.165, 1.54) is 11.1 Å². The first-order chi connectivity index (χ1) is 16.1. The summed E-state index contributed by atoms with van der Waals surface area (Å²) in [5, 5.41) is 21.8. The van der Waals surface area contributed by atoms with Crippen molar-refractivity contribution in [2.45, 2.75) is 99.5 Å². The Morgan fingerprint density at radius 3 is 2.40 bits per heavy atom. The molecule has 2 saturated carbocycles. The fourth-order valence-electron chi connectivity index (χ4n) is 8.72.